The maximum absolute atomic E-state index is 11.8. The van der Waals surface area contributed by atoms with E-state index in [0.717, 1.165) is 25.7 Å². The van der Waals surface area contributed by atoms with E-state index in [1.807, 2.05) is 13.8 Å². The van der Waals surface area contributed by atoms with Crippen molar-refractivity contribution in [3.05, 3.63) is 36.1 Å². The maximum Gasteiger partial charge on any atom is 0.224 e. The van der Waals surface area contributed by atoms with E-state index in [-0.39, 0.29) is 11.7 Å². The van der Waals surface area contributed by atoms with Crippen molar-refractivity contribution in [3.63, 3.8) is 0 Å². The third kappa shape index (κ3) is 7.72. The summed E-state index contributed by atoms with van der Waals surface area (Å²) in [6, 6.07) is 0. The van der Waals surface area contributed by atoms with Gasteiger partial charge in [-0.3, -0.25) is 9.59 Å². The second kappa shape index (κ2) is 11.2. The molecule has 3 heteroatoms. The molecule has 0 bridgehead atoms. The zero-order valence-electron chi connectivity index (χ0n) is 13.0. The van der Waals surface area contributed by atoms with Crippen LogP contribution in [0.5, 0.6) is 0 Å². The Morgan fingerprint density at radius 2 is 1.85 bits per heavy atom. The summed E-state index contributed by atoms with van der Waals surface area (Å²) in [5.74, 6) is 0.0377. The molecule has 0 fully saturated rings. The Kier molecular flexibility index (Phi) is 10.3. The lowest BCUT2D eigenvalue weighted by Gasteiger charge is -2.07. The number of rotatable bonds is 10. The number of Topliss-reactive ketones (excluding diaryl/α,β-unsaturated/α-hetero) is 1. The fourth-order valence-electron chi connectivity index (χ4n) is 1.78. The molecule has 0 aliphatic carbocycles. The number of amides is 1. The van der Waals surface area contributed by atoms with Gasteiger partial charge < -0.3 is 5.32 Å². The molecule has 3 nitrogen and oxygen atoms in total. The topological polar surface area (TPSA) is 46.2 Å². The van der Waals surface area contributed by atoms with E-state index >= 15 is 0 Å². The molecular weight excluding hydrogens is 250 g/mol. The van der Waals surface area contributed by atoms with Crippen LogP contribution in [0.15, 0.2) is 36.1 Å². The van der Waals surface area contributed by atoms with Crippen LogP contribution >= 0.6 is 0 Å². The molecule has 0 radical (unpaired) electrons. The molecule has 0 rings (SSSR count). The first-order valence-electron chi connectivity index (χ1n) is 7.42. The van der Waals surface area contributed by atoms with Gasteiger partial charge in [0.2, 0.25) is 5.91 Å². The molecule has 112 valence electrons. The minimum atomic E-state index is -0.0216. The van der Waals surface area contributed by atoms with Crippen LogP contribution < -0.4 is 5.32 Å². The summed E-state index contributed by atoms with van der Waals surface area (Å²) in [7, 11) is 0. The number of nitrogens with one attached hydrogen (secondary N) is 1. The van der Waals surface area contributed by atoms with E-state index in [0.29, 0.717) is 24.1 Å². The number of carbonyl (C=O) groups excluding carboxylic acids is 2. The summed E-state index contributed by atoms with van der Waals surface area (Å²) >= 11 is 0. The van der Waals surface area contributed by atoms with Crippen LogP contribution in [0.4, 0.5) is 0 Å². The maximum atomic E-state index is 11.8. The van der Waals surface area contributed by atoms with Crippen molar-refractivity contribution in [1.29, 1.82) is 0 Å². The molecule has 0 aliphatic heterocycles. The van der Waals surface area contributed by atoms with Gasteiger partial charge in [0.15, 0.2) is 5.78 Å². The SMILES string of the molecule is C=C/C(=C\C(=C/C)C(=O)CC)NC(=O)CCCCCC. The molecule has 0 atom stereocenters. The molecule has 0 aromatic rings. The van der Waals surface area contributed by atoms with Gasteiger partial charge in [-0.05, 0) is 25.5 Å². The molecule has 0 saturated carbocycles. The van der Waals surface area contributed by atoms with Gasteiger partial charge in [0.05, 0.1) is 0 Å². The highest BCUT2D eigenvalue weighted by atomic mass is 16.1. The molecule has 0 spiro atoms. The van der Waals surface area contributed by atoms with Crippen molar-refractivity contribution in [2.75, 3.05) is 0 Å². The zero-order chi connectivity index (χ0) is 15.4. The van der Waals surface area contributed by atoms with Gasteiger partial charge in [-0.2, -0.15) is 0 Å². The Labute approximate surface area is 122 Å². The predicted molar refractivity (Wildman–Crippen MR) is 84.2 cm³/mol. The fourth-order valence-corrected chi connectivity index (χ4v) is 1.78. The van der Waals surface area contributed by atoms with E-state index in [9.17, 15) is 9.59 Å². The Bertz CT molecular complexity index is 392. The lowest BCUT2D eigenvalue weighted by molar-refractivity contribution is -0.120. The van der Waals surface area contributed by atoms with Crippen molar-refractivity contribution in [2.45, 2.75) is 59.3 Å². The van der Waals surface area contributed by atoms with E-state index in [1.54, 1.807) is 18.2 Å². The fraction of sp³-hybridized carbons (Fsp3) is 0.529. The first kappa shape index (κ1) is 18.4. The average Bonchev–Trinajstić information content (AvgIpc) is 2.47. The van der Waals surface area contributed by atoms with Gasteiger partial charge in [-0.1, -0.05) is 45.8 Å². The minimum Gasteiger partial charge on any atom is -0.326 e. The third-order valence-corrected chi connectivity index (χ3v) is 3.03. The molecule has 0 aliphatic rings. The average molecular weight is 277 g/mol. The van der Waals surface area contributed by atoms with E-state index in [4.69, 9.17) is 0 Å². The first-order chi connectivity index (χ1) is 9.58. The second-order valence-corrected chi connectivity index (χ2v) is 4.68. The van der Waals surface area contributed by atoms with E-state index in [1.165, 1.54) is 0 Å². The molecule has 1 N–H and O–H groups in total. The summed E-state index contributed by atoms with van der Waals surface area (Å²) in [6.45, 7) is 9.45. The number of ketones is 1. The molecule has 0 saturated heterocycles. The number of unbranched alkanes of at least 4 members (excludes halogenated alkanes) is 3. The lowest BCUT2D eigenvalue weighted by Crippen LogP contribution is -2.21. The Hall–Kier alpha value is -1.64. The number of hydrogen-bond acceptors (Lipinski definition) is 2. The summed E-state index contributed by atoms with van der Waals surface area (Å²) in [5.41, 5.74) is 1.19. The van der Waals surface area contributed by atoms with Crippen molar-refractivity contribution >= 4 is 11.7 Å². The van der Waals surface area contributed by atoms with Gasteiger partial charge in [0.25, 0.3) is 0 Å². The highest BCUT2D eigenvalue weighted by Gasteiger charge is 2.06. The third-order valence-electron chi connectivity index (χ3n) is 3.03. The molecule has 0 aromatic carbocycles. The molecule has 0 heterocycles. The van der Waals surface area contributed by atoms with Crippen LogP contribution in [0.25, 0.3) is 0 Å². The van der Waals surface area contributed by atoms with Crippen molar-refractivity contribution in [1.82, 2.24) is 5.32 Å². The van der Waals surface area contributed by atoms with Crippen LogP contribution in [0, 0.1) is 0 Å². The zero-order valence-corrected chi connectivity index (χ0v) is 13.0. The first-order valence-corrected chi connectivity index (χ1v) is 7.42. The molecule has 0 unspecified atom stereocenters. The van der Waals surface area contributed by atoms with Gasteiger partial charge in [-0.15, -0.1) is 0 Å². The van der Waals surface area contributed by atoms with Crippen LogP contribution in [-0.4, -0.2) is 11.7 Å². The smallest absolute Gasteiger partial charge is 0.224 e. The Balaban J connectivity index is 4.49. The monoisotopic (exact) mass is 277 g/mol. The van der Waals surface area contributed by atoms with Gasteiger partial charge >= 0.3 is 0 Å². The molecule has 0 aromatic heterocycles. The summed E-state index contributed by atoms with van der Waals surface area (Å²) < 4.78 is 0. The minimum absolute atomic E-state index is 0.0216. The van der Waals surface area contributed by atoms with Crippen LogP contribution in [-0.2, 0) is 9.59 Å². The van der Waals surface area contributed by atoms with Gasteiger partial charge in [0, 0.05) is 24.1 Å². The molecule has 1 amide bonds. The largest absolute Gasteiger partial charge is 0.326 e. The summed E-state index contributed by atoms with van der Waals surface area (Å²) in [5, 5.41) is 2.80. The van der Waals surface area contributed by atoms with E-state index < -0.39 is 0 Å². The Morgan fingerprint density at radius 1 is 1.15 bits per heavy atom. The van der Waals surface area contributed by atoms with Gasteiger partial charge in [-0.25, -0.2) is 0 Å². The summed E-state index contributed by atoms with van der Waals surface area (Å²) in [6.07, 6.45) is 10.2. The van der Waals surface area contributed by atoms with Gasteiger partial charge in [0.1, 0.15) is 0 Å². The van der Waals surface area contributed by atoms with Crippen LogP contribution in [0.1, 0.15) is 59.3 Å². The predicted octanol–water partition coefficient (Wildman–Crippen LogP) is 4.07. The van der Waals surface area contributed by atoms with E-state index in [2.05, 4.69) is 18.8 Å². The highest BCUT2D eigenvalue weighted by molar-refractivity contribution is 5.98. The molecular formula is C17H27NO2. The quantitative estimate of drug-likeness (QED) is 0.372. The van der Waals surface area contributed by atoms with Crippen molar-refractivity contribution < 1.29 is 9.59 Å². The standard InChI is InChI=1S/C17H27NO2/c1-5-9-10-11-12-17(20)18-15(7-3)13-14(6-2)16(19)8-4/h6-7,13H,3,5,8-12H2,1-2,4H3,(H,18,20)/b14-6+,15-13+. The number of carbonyl (C=O) groups is 2. The summed E-state index contributed by atoms with van der Waals surface area (Å²) in [4.78, 5) is 23.4. The lowest BCUT2D eigenvalue weighted by atomic mass is 10.1. The normalized spacial score (nSPS) is 12.2. The van der Waals surface area contributed by atoms with Crippen LogP contribution in [0.2, 0.25) is 0 Å². The Morgan fingerprint density at radius 3 is 2.35 bits per heavy atom. The number of hydrogen-bond donors (Lipinski definition) is 1. The number of allylic oxidation sites excluding steroid dienone is 4. The molecule has 20 heavy (non-hydrogen) atoms. The second-order valence-electron chi connectivity index (χ2n) is 4.68. The van der Waals surface area contributed by atoms with Crippen LogP contribution in [0.3, 0.4) is 0 Å². The van der Waals surface area contributed by atoms with Crippen molar-refractivity contribution in [3.8, 4) is 0 Å². The van der Waals surface area contributed by atoms with Crippen molar-refractivity contribution in [2.24, 2.45) is 0 Å². The highest BCUT2D eigenvalue weighted by Crippen LogP contribution is 2.07.